The van der Waals surface area contributed by atoms with Gasteiger partial charge in [0.1, 0.15) is 0 Å². The molecule has 12 heavy (non-hydrogen) atoms. The van der Waals surface area contributed by atoms with Gasteiger partial charge in [0, 0.05) is 13.1 Å². The predicted molar refractivity (Wildman–Crippen MR) is 56.3 cm³/mol. The molecule has 1 aliphatic heterocycles. The lowest BCUT2D eigenvalue weighted by Gasteiger charge is -2.31. The first-order valence-electron chi connectivity index (χ1n) is 4.63. The summed E-state index contributed by atoms with van der Waals surface area (Å²) in [6.07, 6.45) is 2.46. The van der Waals surface area contributed by atoms with E-state index in [0.717, 1.165) is 18.2 Å². The van der Waals surface area contributed by atoms with Crippen LogP contribution in [-0.2, 0) is 0 Å². The molecule has 0 atom stereocenters. The van der Waals surface area contributed by atoms with Gasteiger partial charge in [-0.05, 0) is 32.5 Å². The van der Waals surface area contributed by atoms with Crippen LogP contribution in [-0.4, -0.2) is 28.6 Å². The van der Waals surface area contributed by atoms with Crippen molar-refractivity contribution in [2.75, 3.05) is 13.1 Å². The Labute approximate surface area is 80.3 Å². The summed E-state index contributed by atoms with van der Waals surface area (Å²) in [5.74, 6) is 0. The molecule has 0 aliphatic carbocycles. The van der Waals surface area contributed by atoms with E-state index < -0.39 is 0 Å². The molecular formula is C9H18N2S. The summed E-state index contributed by atoms with van der Waals surface area (Å²) >= 11 is 5.22. The zero-order valence-electron chi connectivity index (χ0n) is 8.18. The summed E-state index contributed by atoms with van der Waals surface area (Å²) in [4.78, 5) is 2.30. The summed E-state index contributed by atoms with van der Waals surface area (Å²) in [5.41, 5.74) is 0.215. The van der Waals surface area contributed by atoms with Gasteiger partial charge < -0.3 is 10.2 Å². The summed E-state index contributed by atoms with van der Waals surface area (Å²) in [5, 5.41) is 4.15. The van der Waals surface area contributed by atoms with Crippen molar-refractivity contribution in [1.29, 1.82) is 0 Å². The fourth-order valence-corrected chi connectivity index (χ4v) is 1.89. The molecule has 0 unspecified atom stereocenters. The lowest BCUT2D eigenvalue weighted by molar-refractivity contribution is 0.253. The van der Waals surface area contributed by atoms with Crippen LogP contribution in [0.3, 0.4) is 0 Å². The number of unbranched alkanes of at least 4 members (excludes halogenated alkanes) is 1. The first-order valence-corrected chi connectivity index (χ1v) is 5.04. The normalized spacial score (nSPS) is 21.2. The van der Waals surface area contributed by atoms with Gasteiger partial charge in [-0.25, -0.2) is 0 Å². The van der Waals surface area contributed by atoms with Gasteiger partial charge in [-0.15, -0.1) is 0 Å². The number of rotatable bonds is 3. The average molecular weight is 186 g/mol. The van der Waals surface area contributed by atoms with E-state index in [4.69, 9.17) is 12.2 Å². The second kappa shape index (κ2) is 3.60. The molecule has 2 nitrogen and oxygen atoms in total. The Morgan fingerprint density at radius 3 is 2.67 bits per heavy atom. The predicted octanol–water partition coefficient (Wildman–Crippen LogP) is 1.76. The highest BCUT2D eigenvalue weighted by Gasteiger charge is 2.33. The van der Waals surface area contributed by atoms with E-state index in [9.17, 15) is 0 Å². The maximum absolute atomic E-state index is 5.22. The maximum Gasteiger partial charge on any atom is 0.169 e. The molecule has 0 saturated carbocycles. The molecule has 1 aliphatic rings. The van der Waals surface area contributed by atoms with E-state index in [-0.39, 0.29) is 5.54 Å². The Morgan fingerprint density at radius 1 is 1.58 bits per heavy atom. The van der Waals surface area contributed by atoms with Crippen molar-refractivity contribution in [2.45, 2.75) is 39.2 Å². The highest BCUT2D eigenvalue weighted by atomic mass is 32.1. The average Bonchev–Trinajstić information content (AvgIpc) is 2.24. The SMILES string of the molecule is CCCCN1C(=S)NCC1(C)C. The van der Waals surface area contributed by atoms with Crippen LogP contribution in [0.4, 0.5) is 0 Å². The van der Waals surface area contributed by atoms with Gasteiger partial charge in [-0.2, -0.15) is 0 Å². The van der Waals surface area contributed by atoms with E-state index in [2.05, 4.69) is 31.0 Å². The summed E-state index contributed by atoms with van der Waals surface area (Å²) in [7, 11) is 0. The minimum absolute atomic E-state index is 0.215. The number of hydrogen-bond donors (Lipinski definition) is 1. The van der Waals surface area contributed by atoms with Crippen molar-refractivity contribution in [3.8, 4) is 0 Å². The molecule has 0 aromatic carbocycles. The number of thiocarbonyl (C=S) groups is 1. The Bertz CT molecular complexity index is 177. The Hall–Kier alpha value is -0.310. The van der Waals surface area contributed by atoms with Gasteiger partial charge in [0.15, 0.2) is 5.11 Å². The molecule has 1 rings (SSSR count). The first kappa shape index (κ1) is 9.78. The fraction of sp³-hybridized carbons (Fsp3) is 0.889. The zero-order valence-corrected chi connectivity index (χ0v) is 9.00. The van der Waals surface area contributed by atoms with Crippen LogP contribution in [0, 0.1) is 0 Å². The largest absolute Gasteiger partial charge is 0.360 e. The third-order valence-electron chi connectivity index (χ3n) is 2.38. The van der Waals surface area contributed by atoms with Crippen molar-refractivity contribution in [2.24, 2.45) is 0 Å². The molecule has 1 fully saturated rings. The van der Waals surface area contributed by atoms with Crippen molar-refractivity contribution in [3.05, 3.63) is 0 Å². The standard InChI is InChI=1S/C9H18N2S/c1-4-5-6-11-8(12)10-7-9(11,2)3/h4-7H2,1-3H3,(H,10,12). The van der Waals surface area contributed by atoms with E-state index in [0.29, 0.717) is 0 Å². The van der Waals surface area contributed by atoms with Gasteiger partial charge in [-0.1, -0.05) is 13.3 Å². The smallest absolute Gasteiger partial charge is 0.169 e. The lowest BCUT2D eigenvalue weighted by atomic mass is 10.1. The molecular weight excluding hydrogens is 168 g/mol. The van der Waals surface area contributed by atoms with Crippen molar-refractivity contribution < 1.29 is 0 Å². The molecule has 1 heterocycles. The zero-order chi connectivity index (χ0) is 9.19. The van der Waals surface area contributed by atoms with Crippen LogP contribution >= 0.6 is 12.2 Å². The van der Waals surface area contributed by atoms with E-state index in [1.165, 1.54) is 12.8 Å². The highest BCUT2D eigenvalue weighted by molar-refractivity contribution is 7.80. The third-order valence-corrected chi connectivity index (χ3v) is 2.75. The summed E-state index contributed by atoms with van der Waals surface area (Å²) < 4.78 is 0. The van der Waals surface area contributed by atoms with Crippen LogP contribution < -0.4 is 5.32 Å². The molecule has 0 spiro atoms. The van der Waals surface area contributed by atoms with Crippen LogP contribution in [0.15, 0.2) is 0 Å². The fourth-order valence-electron chi connectivity index (χ4n) is 1.48. The van der Waals surface area contributed by atoms with Crippen LogP contribution in [0.1, 0.15) is 33.6 Å². The highest BCUT2D eigenvalue weighted by Crippen LogP contribution is 2.19. The summed E-state index contributed by atoms with van der Waals surface area (Å²) in [6.45, 7) is 8.74. The minimum Gasteiger partial charge on any atom is -0.360 e. The Balaban J connectivity index is 2.53. The van der Waals surface area contributed by atoms with Crippen LogP contribution in [0.5, 0.6) is 0 Å². The van der Waals surface area contributed by atoms with Gasteiger partial charge >= 0.3 is 0 Å². The molecule has 1 N–H and O–H groups in total. The van der Waals surface area contributed by atoms with Gasteiger partial charge in [0.2, 0.25) is 0 Å². The quantitative estimate of drug-likeness (QED) is 0.676. The topological polar surface area (TPSA) is 15.3 Å². The second-order valence-electron chi connectivity index (χ2n) is 3.98. The molecule has 0 aromatic heterocycles. The first-order chi connectivity index (χ1) is 5.58. The molecule has 0 aromatic rings. The number of nitrogens with zero attached hydrogens (tertiary/aromatic N) is 1. The van der Waals surface area contributed by atoms with Gasteiger partial charge in [-0.3, -0.25) is 0 Å². The molecule has 1 saturated heterocycles. The molecule has 0 radical (unpaired) electrons. The molecule has 70 valence electrons. The van der Waals surface area contributed by atoms with Crippen LogP contribution in [0.25, 0.3) is 0 Å². The Morgan fingerprint density at radius 2 is 2.25 bits per heavy atom. The Kier molecular flexibility index (Phi) is 2.94. The maximum atomic E-state index is 5.22. The van der Waals surface area contributed by atoms with Crippen LogP contribution in [0.2, 0.25) is 0 Å². The van der Waals surface area contributed by atoms with Crippen molar-refractivity contribution in [1.82, 2.24) is 10.2 Å². The van der Waals surface area contributed by atoms with Gasteiger partial charge in [0.25, 0.3) is 0 Å². The molecule has 3 heteroatoms. The van der Waals surface area contributed by atoms with Crippen molar-refractivity contribution in [3.63, 3.8) is 0 Å². The molecule has 0 amide bonds. The van der Waals surface area contributed by atoms with E-state index in [1.807, 2.05) is 0 Å². The lowest BCUT2D eigenvalue weighted by Crippen LogP contribution is -2.42. The van der Waals surface area contributed by atoms with E-state index in [1.54, 1.807) is 0 Å². The number of nitrogens with one attached hydrogen (secondary N) is 1. The number of hydrogen-bond acceptors (Lipinski definition) is 1. The van der Waals surface area contributed by atoms with E-state index >= 15 is 0 Å². The monoisotopic (exact) mass is 186 g/mol. The minimum atomic E-state index is 0.215. The third kappa shape index (κ3) is 1.89. The molecule has 0 bridgehead atoms. The second-order valence-corrected chi connectivity index (χ2v) is 4.36. The summed E-state index contributed by atoms with van der Waals surface area (Å²) in [6, 6.07) is 0. The van der Waals surface area contributed by atoms with Crippen molar-refractivity contribution >= 4 is 17.3 Å². The van der Waals surface area contributed by atoms with Gasteiger partial charge in [0.05, 0.1) is 5.54 Å².